The summed E-state index contributed by atoms with van der Waals surface area (Å²) in [6.07, 6.45) is -0.545. The van der Waals surface area contributed by atoms with E-state index in [9.17, 15) is 20.1 Å². The first-order chi connectivity index (χ1) is 9.25. The fourth-order valence-corrected chi connectivity index (χ4v) is 2.59. The molecule has 3 N–H and O–H groups in total. The molecule has 2 atom stereocenters. The number of carbonyl (C=O) groups excluding carboxylic acids is 1. The van der Waals surface area contributed by atoms with Gasteiger partial charge in [-0.05, 0) is 38.8 Å². The van der Waals surface area contributed by atoms with E-state index in [-0.39, 0.29) is 18.6 Å². The molecule has 0 amide bonds. The standard InChI is InChI=1S/C16H20O4/c1-9-5-4-6-13(17)11(9)8-12-10(2)7-14(18)16(3,20)15(12)19/h4-6,14,17-18,20H,7-8H2,1-3H3/t14-,16+/m1/s1. The minimum absolute atomic E-state index is 0.142. The summed E-state index contributed by atoms with van der Waals surface area (Å²) in [7, 11) is 0. The van der Waals surface area contributed by atoms with Crippen molar-refractivity contribution in [2.24, 2.45) is 0 Å². The number of phenolic OH excluding ortho intramolecular Hbond substituents is 1. The second kappa shape index (κ2) is 5.04. The Morgan fingerprint density at radius 2 is 2.00 bits per heavy atom. The van der Waals surface area contributed by atoms with E-state index in [1.54, 1.807) is 19.1 Å². The molecular formula is C16H20O4. The topological polar surface area (TPSA) is 77.8 Å². The van der Waals surface area contributed by atoms with E-state index >= 15 is 0 Å². The molecule has 0 heterocycles. The third-order valence-electron chi connectivity index (χ3n) is 4.14. The lowest BCUT2D eigenvalue weighted by Crippen LogP contribution is -2.50. The van der Waals surface area contributed by atoms with E-state index in [0.29, 0.717) is 11.1 Å². The van der Waals surface area contributed by atoms with Gasteiger partial charge in [-0.3, -0.25) is 4.79 Å². The van der Waals surface area contributed by atoms with Crippen LogP contribution in [0.15, 0.2) is 29.3 Å². The van der Waals surface area contributed by atoms with Crippen LogP contribution < -0.4 is 0 Å². The van der Waals surface area contributed by atoms with Crippen molar-refractivity contribution in [3.63, 3.8) is 0 Å². The zero-order valence-corrected chi connectivity index (χ0v) is 12.0. The number of aryl methyl sites for hydroxylation is 1. The largest absolute Gasteiger partial charge is 0.508 e. The second-order valence-electron chi connectivity index (χ2n) is 5.70. The van der Waals surface area contributed by atoms with Crippen molar-refractivity contribution in [3.8, 4) is 5.75 Å². The second-order valence-corrected chi connectivity index (χ2v) is 5.70. The van der Waals surface area contributed by atoms with Crippen LogP contribution in [-0.4, -0.2) is 32.8 Å². The van der Waals surface area contributed by atoms with Crippen LogP contribution in [0, 0.1) is 6.92 Å². The van der Waals surface area contributed by atoms with Gasteiger partial charge in [-0.2, -0.15) is 0 Å². The van der Waals surface area contributed by atoms with Gasteiger partial charge in [0.05, 0.1) is 6.10 Å². The van der Waals surface area contributed by atoms with Gasteiger partial charge in [0.25, 0.3) is 0 Å². The van der Waals surface area contributed by atoms with Gasteiger partial charge in [0.15, 0.2) is 11.4 Å². The Kier molecular flexibility index (Phi) is 3.71. The highest BCUT2D eigenvalue weighted by atomic mass is 16.3. The molecule has 0 aliphatic heterocycles. The molecule has 1 aliphatic rings. The van der Waals surface area contributed by atoms with E-state index < -0.39 is 17.5 Å². The summed E-state index contributed by atoms with van der Waals surface area (Å²) in [6.45, 7) is 4.98. The van der Waals surface area contributed by atoms with Crippen LogP contribution in [0.4, 0.5) is 0 Å². The summed E-state index contributed by atoms with van der Waals surface area (Å²) in [5.74, 6) is -0.319. The van der Waals surface area contributed by atoms with E-state index in [1.165, 1.54) is 6.92 Å². The number of carbonyl (C=O) groups is 1. The summed E-state index contributed by atoms with van der Waals surface area (Å²) in [4.78, 5) is 12.3. The average Bonchev–Trinajstić information content (AvgIpc) is 2.36. The molecule has 0 spiro atoms. The Balaban J connectivity index is 2.42. The molecule has 0 aromatic heterocycles. The number of hydrogen-bond acceptors (Lipinski definition) is 4. The van der Waals surface area contributed by atoms with Gasteiger partial charge in [0.2, 0.25) is 0 Å². The maximum absolute atomic E-state index is 12.3. The molecule has 108 valence electrons. The highest BCUT2D eigenvalue weighted by Crippen LogP contribution is 2.33. The lowest BCUT2D eigenvalue weighted by molar-refractivity contribution is -0.145. The first-order valence-electron chi connectivity index (χ1n) is 6.66. The van der Waals surface area contributed by atoms with Crippen LogP contribution in [0.1, 0.15) is 31.4 Å². The molecule has 0 radical (unpaired) electrons. The molecule has 2 rings (SSSR count). The number of aliphatic hydroxyl groups excluding tert-OH is 1. The molecule has 0 saturated carbocycles. The number of benzene rings is 1. The Morgan fingerprint density at radius 1 is 1.35 bits per heavy atom. The Labute approximate surface area is 118 Å². The normalized spacial score (nSPS) is 27.1. The van der Waals surface area contributed by atoms with Crippen molar-refractivity contribution in [2.45, 2.75) is 45.3 Å². The van der Waals surface area contributed by atoms with Crippen molar-refractivity contribution < 1.29 is 20.1 Å². The fourth-order valence-electron chi connectivity index (χ4n) is 2.59. The molecule has 0 bridgehead atoms. The SMILES string of the molecule is CC1=C(Cc2c(C)cccc2O)C(=O)[C@@](C)(O)[C@H](O)C1. The average molecular weight is 276 g/mol. The number of aromatic hydroxyl groups is 1. The fraction of sp³-hybridized carbons (Fsp3) is 0.438. The van der Waals surface area contributed by atoms with Gasteiger partial charge in [-0.25, -0.2) is 0 Å². The van der Waals surface area contributed by atoms with Crippen molar-refractivity contribution in [3.05, 3.63) is 40.5 Å². The number of aliphatic hydroxyl groups is 2. The number of Topliss-reactive ketones (excluding diaryl/α,β-unsaturated/α-hetero) is 1. The van der Waals surface area contributed by atoms with E-state index in [4.69, 9.17) is 0 Å². The van der Waals surface area contributed by atoms with Crippen molar-refractivity contribution >= 4 is 5.78 Å². The van der Waals surface area contributed by atoms with Gasteiger partial charge < -0.3 is 15.3 Å². The molecule has 20 heavy (non-hydrogen) atoms. The van der Waals surface area contributed by atoms with E-state index in [2.05, 4.69) is 0 Å². The minimum atomic E-state index is -1.76. The summed E-state index contributed by atoms with van der Waals surface area (Å²) in [5.41, 5.74) is 1.06. The van der Waals surface area contributed by atoms with Gasteiger partial charge in [-0.1, -0.05) is 17.7 Å². The maximum Gasteiger partial charge on any atom is 0.193 e. The monoisotopic (exact) mass is 276 g/mol. The number of ketones is 1. The van der Waals surface area contributed by atoms with Gasteiger partial charge in [0.1, 0.15) is 5.75 Å². The van der Waals surface area contributed by atoms with Crippen LogP contribution >= 0.6 is 0 Å². The van der Waals surface area contributed by atoms with Crippen LogP contribution in [0.25, 0.3) is 0 Å². The number of hydrogen-bond donors (Lipinski definition) is 3. The van der Waals surface area contributed by atoms with Gasteiger partial charge in [0, 0.05) is 17.6 Å². The van der Waals surface area contributed by atoms with E-state index in [0.717, 1.165) is 11.1 Å². The summed E-state index contributed by atoms with van der Waals surface area (Å²) in [5, 5.41) is 29.9. The lowest BCUT2D eigenvalue weighted by Gasteiger charge is -2.34. The van der Waals surface area contributed by atoms with Crippen LogP contribution in [0.2, 0.25) is 0 Å². The lowest BCUT2D eigenvalue weighted by atomic mass is 9.76. The first kappa shape index (κ1) is 14.8. The third kappa shape index (κ3) is 2.37. The molecule has 1 aromatic carbocycles. The predicted octanol–water partition coefficient (Wildman–Crippen LogP) is 1.64. The molecule has 4 heteroatoms. The number of phenols is 1. The van der Waals surface area contributed by atoms with Crippen LogP contribution in [0.5, 0.6) is 5.75 Å². The van der Waals surface area contributed by atoms with E-state index in [1.807, 2.05) is 13.0 Å². The van der Waals surface area contributed by atoms with Crippen LogP contribution in [0.3, 0.4) is 0 Å². The zero-order valence-electron chi connectivity index (χ0n) is 12.0. The smallest absolute Gasteiger partial charge is 0.193 e. The number of rotatable bonds is 2. The predicted molar refractivity (Wildman–Crippen MR) is 75.5 cm³/mol. The maximum atomic E-state index is 12.3. The highest BCUT2D eigenvalue weighted by molar-refractivity contribution is 6.04. The summed E-state index contributed by atoms with van der Waals surface area (Å²) in [6, 6.07) is 5.20. The molecule has 1 aromatic rings. The van der Waals surface area contributed by atoms with Gasteiger partial charge in [-0.15, -0.1) is 0 Å². The quantitative estimate of drug-likeness (QED) is 0.767. The third-order valence-corrected chi connectivity index (χ3v) is 4.14. The summed E-state index contributed by atoms with van der Waals surface area (Å²) >= 11 is 0. The van der Waals surface area contributed by atoms with Crippen molar-refractivity contribution in [1.82, 2.24) is 0 Å². The molecule has 0 fully saturated rings. The van der Waals surface area contributed by atoms with Crippen molar-refractivity contribution in [1.29, 1.82) is 0 Å². The Morgan fingerprint density at radius 3 is 2.60 bits per heavy atom. The van der Waals surface area contributed by atoms with Gasteiger partial charge >= 0.3 is 0 Å². The molecular weight excluding hydrogens is 256 g/mol. The first-order valence-corrected chi connectivity index (χ1v) is 6.66. The Hall–Kier alpha value is -1.65. The molecule has 1 aliphatic carbocycles. The van der Waals surface area contributed by atoms with Crippen molar-refractivity contribution in [2.75, 3.05) is 0 Å². The molecule has 0 unspecified atom stereocenters. The highest BCUT2D eigenvalue weighted by Gasteiger charge is 2.44. The molecule has 4 nitrogen and oxygen atoms in total. The summed E-state index contributed by atoms with van der Waals surface area (Å²) < 4.78 is 0. The molecule has 0 saturated heterocycles. The zero-order chi connectivity index (χ0) is 15.1. The Bertz CT molecular complexity index is 564. The van der Waals surface area contributed by atoms with Crippen LogP contribution in [-0.2, 0) is 11.2 Å². The minimum Gasteiger partial charge on any atom is -0.508 e.